The van der Waals surface area contributed by atoms with E-state index < -0.39 is 0 Å². The first-order valence-electron chi connectivity index (χ1n) is 8.01. The monoisotopic (exact) mass is 309 g/mol. The molecule has 1 aromatic carbocycles. The van der Waals surface area contributed by atoms with Crippen LogP contribution in [0, 0.1) is 0 Å². The first-order chi connectivity index (χ1) is 11.2. The van der Waals surface area contributed by atoms with Crippen molar-refractivity contribution < 1.29 is 9.21 Å². The maximum atomic E-state index is 12.7. The smallest absolute Gasteiger partial charge is 0.255 e. The highest BCUT2D eigenvalue weighted by atomic mass is 16.3. The van der Waals surface area contributed by atoms with Gasteiger partial charge in [0.05, 0.1) is 11.6 Å². The molecule has 5 heteroatoms. The number of carbonyl (C=O) groups is 1. The molecule has 0 saturated carbocycles. The van der Waals surface area contributed by atoms with Crippen LogP contribution in [0.3, 0.4) is 0 Å². The van der Waals surface area contributed by atoms with Crippen molar-refractivity contribution in [2.24, 2.45) is 0 Å². The average Bonchev–Trinajstić information content (AvgIpc) is 3.24. The van der Waals surface area contributed by atoms with Crippen LogP contribution in [0.5, 0.6) is 0 Å². The standard InChI is InChI=1S/C18H19N3O2/c1-3-12-4-5-16-13(9-12)14(10-23-16)18(22)20-15-8-11(2)21-7-6-19-17(15)21/h4-7,9-11,15H,3,8H2,1-2H3,(H,20,22). The van der Waals surface area contributed by atoms with Crippen molar-refractivity contribution in [2.75, 3.05) is 0 Å². The normalized spacial score (nSPS) is 19.9. The van der Waals surface area contributed by atoms with Gasteiger partial charge in [-0.25, -0.2) is 4.98 Å². The van der Waals surface area contributed by atoms with Crippen LogP contribution in [0.4, 0.5) is 0 Å². The van der Waals surface area contributed by atoms with Crippen molar-refractivity contribution in [1.82, 2.24) is 14.9 Å². The Morgan fingerprint density at radius 2 is 2.35 bits per heavy atom. The van der Waals surface area contributed by atoms with Crippen LogP contribution in [0.25, 0.3) is 11.0 Å². The van der Waals surface area contributed by atoms with Crippen molar-refractivity contribution in [1.29, 1.82) is 0 Å². The first-order valence-corrected chi connectivity index (χ1v) is 8.01. The molecule has 0 bridgehead atoms. The van der Waals surface area contributed by atoms with E-state index in [4.69, 9.17) is 4.42 Å². The molecule has 1 aliphatic rings. The highest BCUT2D eigenvalue weighted by Crippen LogP contribution is 2.33. The maximum absolute atomic E-state index is 12.7. The van der Waals surface area contributed by atoms with Crippen molar-refractivity contribution in [3.63, 3.8) is 0 Å². The molecule has 23 heavy (non-hydrogen) atoms. The molecule has 3 aromatic rings. The zero-order chi connectivity index (χ0) is 16.0. The van der Waals surface area contributed by atoms with Crippen molar-refractivity contribution >= 4 is 16.9 Å². The van der Waals surface area contributed by atoms with Gasteiger partial charge in [-0.3, -0.25) is 4.79 Å². The van der Waals surface area contributed by atoms with Gasteiger partial charge in [-0.1, -0.05) is 13.0 Å². The van der Waals surface area contributed by atoms with Gasteiger partial charge in [-0.15, -0.1) is 0 Å². The first kappa shape index (κ1) is 14.1. The number of furan rings is 1. The number of fused-ring (bicyclic) bond motifs is 2. The highest BCUT2D eigenvalue weighted by molar-refractivity contribution is 6.06. The summed E-state index contributed by atoms with van der Waals surface area (Å²) in [6.07, 6.45) is 7.09. The minimum atomic E-state index is -0.106. The number of aryl methyl sites for hydroxylation is 1. The van der Waals surface area contributed by atoms with Crippen molar-refractivity contribution in [2.45, 2.75) is 38.8 Å². The Bertz CT molecular complexity index is 877. The largest absolute Gasteiger partial charge is 0.463 e. The average molecular weight is 309 g/mol. The summed E-state index contributed by atoms with van der Waals surface area (Å²) in [6.45, 7) is 4.23. The predicted molar refractivity (Wildman–Crippen MR) is 87.4 cm³/mol. The van der Waals surface area contributed by atoms with Crippen LogP contribution in [0.2, 0.25) is 0 Å². The number of nitrogens with one attached hydrogen (secondary N) is 1. The fourth-order valence-corrected chi connectivity index (χ4v) is 3.36. The number of hydrogen-bond acceptors (Lipinski definition) is 3. The molecule has 2 aromatic heterocycles. The summed E-state index contributed by atoms with van der Waals surface area (Å²) in [5, 5.41) is 3.97. The fraction of sp³-hybridized carbons (Fsp3) is 0.333. The second kappa shape index (κ2) is 5.26. The minimum Gasteiger partial charge on any atom is -0.463 e. The highest BCUT2D eigenvalue weighted by Gasteiger charge is 2.30. The second-order valence-corrected chi connectivity index (χ2v) is 6.14. The Hall–Kier alpha value is -2.56. The van der Waals surface area contributed by atoms with E-state index in [2.05, 4.69) is 28.7 Å². The molecule has 0 fully saturated rings. The molecule has 1 amide bonds. The lowest BCUT2D eigenvalue weighted by Crippen LogP contribution is -2.27. The van der Waals surface area contributed by atoms with Crippen LogP contribution in [0.15, 0.2) is 41.3 Å². The van der Waals surface area contributed by atoms with Crippen LogP contribution >= 0.6 is 0 Å². The zero-order valence-electron chi connectivity index (χ0n) is 13.2. The number of nitrogens with zero attached hydrogens (tertiary/aromatic N) is 2. The molecule has 0 radical (unpaired) electrons. The number of benzene rings is 1. The number of rotatable bonds is 3. The molecular formula is C18H19N3O2. The Balaban J connectivity index is 1.63. The van der Waals surface area contributed by atoms with Crippen LogP contribution in [-0.4, -0.2) is 15.5 Å². The summed E-state index contributed by atoms with van der Waals surface area (Å²) >= 11 is 0. The molecule has 0 aliphatic carbocycles. The number of imidazole rings is 1. The summed E-state index contributed by atoms with van der Waals surface area (Å²) in [6, 6.07) is 6.29. The quantitative estimate of drug-likeness (QED) is 0.803. The summed E-state index contributed by atoms with van der Waals surface area (Å²) in [5.41, 5.74) is 2.53. The maximum Gasteiger partial charge on any atom is 0.255 e. The van der Waals surface area contributed by atoms with Gasteiger partial charge in [-0.05, 0) is 37.5 Å². The van der Waals surface area contributed by atoms with E-state index >= 15 is 0 Å². The summed E-state index contributed by atoms with van der Waals surface area (Å²) in [5.74, 6) is 0.818. The number of amides is 1. The molecule has 5 nitrogen and oxygen atoms in total. The Morgan fingerprint density at radius 1 is 1.48 bits per heavy atom. The number of carbonyl (C=O) groups excluding carboxylic acids is 1. The molecule has 118 valence electrons. The van der Waals surface area contributed by atoms with E-state index in [1.165, 1.54) is 5.56 Å². The molecule has 1 aliphatic heterocycles. The SMILES string of the molecule is CCc1ccc2occ(C(=O)NC3CC(C)n4ccnc43)c2c1. The van der Waals surface area contributed by atoms with E-state index in [0.29, 0.717) is 11.6 Å². The lowest BCUT2D eigenvalue weighted by molar-refractivity contribution is 0.0936. The second-order valence-electron chi connectivity index (χ2n) is 6.14. The fourth-order valence-electron chi connectivity index (χ4n) is 3.36. The zero-order valence-corrected chi connectivity index (χ0v) is 13.2. The predicted octanol–water partition coefficient (Wildman–Crippen LogP) is 3.63. The lowest BCUT2D eigenvalue weighted by Gasteiger charge is -2.11. The van der Waals surface area contributed by atoms with E-state index in [9.17, 15) is 4.79 Å². The molecular weight excluding hydrogens is 290 g/mol. The van der Waals surface area contributed by atoms with Gasteiger partial charge in [-0.2, -0.15) is 0 Å². The van der Waals surface area contributed by atoms with Crippen molar-refractivity contribution in [3.05, 3.63) is 53.8 Å². The molecule has 1 N–H and O–H groups in total. The molecule has 3 heterocycles. The van der Waals surface area contributed by atoms with E-state index in [1.807, 2.05) is 24.4 Å². The lowest BCUT2D eigenvalue weighted by atomic mass is 10.1. The van der Waals surface area contributed by atoms with Crippen LogP contribution < -0.4 is 5.32 Å². The van der Waals surface area contributed by atoms with Gasteiger partial charge in [0.25, 0.3) is 5.91 Å². The Kier molecular flexibility index (Phi) is 3.22. The summed E-state index contributed by atoms with van der Waals surface area (Å²) in [4.78, 5) is 17.1. The molecule has 4 rings (SSSR count). The third-order valence-corrected chi connectivity index (χ3v) is 4.66. The van der Waals surface area contributed by atoms with Gasteiger partial charge in [0, 0.05) is 23.8 Å². The van der Waals surface area contributed by atoms with Gasteiger partial charge in [0.2, 0.25) is 0 Å². The van der Waals surface area contributed by atoms with Gasteiger partial charge < -0.3 is 14.3 Å². The van der Waals surface area contributed by atoms with Gasteiger partial charge in [0.1, 0.15) is 17.7 Å². The molecule has 2 atom stereocenters. The third-order valence-electron chi connectivity index (χ3n) is 4.66. The molecule has 2 unspecified atom stereocenters. The van der Waals surface area contributed by atoms with Crippen LogP contribution in [-0.2, 0) is 6.42 Å². The number of aromatic nitrogens is 2. The van der Waals surface area contributed by atoms with Gasteiger partial charge in [0.15, 0.2) is 0 Å². The topological polar surface area (TPSA) is 60.1 Å². The molecule has 0 saturated heterocycles. The number of hydrogen-bond donors (Lipinski definition) is 1. The van der Waals surface area contributed by atoms with Gasteiger partial charge >= 0.3 is 0 Å². The summed E-state index contributed by atoms with van der Waals surface area (Å²) < 4.78 is 7.65. The van der Waals surface area contributed by atoms with E-state index in [0.717, 1.165) is 29.6 Å². The van der Waals surface area contributed by atoms with Crippen molar-refractivity contribution in [3.8, 4) is 0 Å². The van der Waals surface area contributed by atoms with E-state index in [1.54, 1.807) is 12.5 Å². The Morgan fingerprint density at radius 3 is 3.17 bits per heavy atom. The molecule has 0 spiro atoms. The summed E-state index contributed by atoms with van der Waals surface area (Å²) in [7, 11) is 0. The van der Waals surface area contributed by atoms with Crippen LogP contribution in [0.1, 0.15) is 54.1 Å². The minimum absolute atomic E-state index is 0.0493. The Labute approximate surface area is 134 Å². The third kappa shape index (κ3) is 2.23. The van der Waals surface area contributed by atoms with E-state index in [-0.39, 0.29) is 11.9 Å².